The molecule has 0 spiro atoms. The van der Waals surface area contributed by atoms with Gasteiger partial charge in [-0.3, -0.25) is 4.79 Å². The van der Waals surface area contributed by atoms with Gasteiger partial charge in [-0.1, -0.05) is 0 Å². The molecule has 1 unspecified atom stereocenters. The number of rotatable bonds is 4. The van der Waals surface area contributed by atoms with Crippen LogP contribution in [0.5, 0.6) is 0 Å². The van der Waals surface area contributed by atoms with Crippen molar-refractivity contribution < 1.29 is 59.2 Å². The van der Waals surface area contributed by atoms with Gasteiger partial charge in [-0.25, -0.2) is 9.18 Å². The Morgan fingerprint density at radius 3 is 1.92 bits per heavy atom. The van der Waals surface area contributed by atoms with Gasteiger partial charge in [0, 0.05) is 26.2 Å². The van der Waals surface area contributed by atoms with Crippen molar-refractivity contribution >= 4 is 11.9 Å². The summed E-state index contributed by atoms with van der Waals surface area (Å²) >= 11 is 0. The minimum atomic E-state index is -4.64. The first-order chi connectivity index (χ1) is 5.28. The van der Waals surface area contributed by atoms with Crippen molar-refractivity contribution in [1.82, 2.24) is 0 Å². The minimum absolute atomic E-state index is 0. The van der Waals surface area contributed by atoms with Crippen molar-refractivity contribution in [3.63, 3.8) is 0 Å². The Kier molecular flexibility index (Phi) is 6.23. The predicted molar refractivity (Wildman–Crippen MR) is 29.7 cm³/mol. The zero-order valence-electron chi connectivity index (χ0n) is 6.13. The van der Waals surface area contributed by atoms with Crippen LogP contribution in [-0.2, 0) is 35.8 Å². The summed E-state index contributed by atoms with van der Waals surface area (Å²) in [5.41, 5.74) is 0. The van der Waals surface area contributed by atoms with E-state index in [-0.39, 0.29) is 26.2 Å². The molecule has 0 saturated heterocycles. The molecule has 0 aromatic rings. The van der Waals surface area contributed by atoms with Crippen molar-refractivity contribution in [3.05, 3.63) is 0 Å². The average molecular weight is 277 g/mol. The van der Waals surface area contributed by atoms with Crippen LogP contribution in [0.3, 0.4) is 0 Å². The van der Waals surface area contributed by atoms with E-state index in [4.69, 9.17) is 10.2 Å². The molecule has 4 nitrogen and oxygen atoms in total. The van der Waals surface area contributed by atoms with Gasteiger partial charge in [0.25, 0.3) is 0 Å². The predicted octanol–water partition coefficient (Wildman–Crippen LogP) is 0.517. The number of aliphatic carboxylic acids is 2. The maximum absolute atomic E-state index is 12.2. The second kappa shape index (κ2) is 5.37. The minimum Gasteiger partial charge on any atom is -0.481 e. The summed E-state index contributed by atoms with van der Waals surface area (Å²) in [5, 5.41) is 15.6. The van der Waals surface area contributed by atoms with Gasteiger partial charge in [0.2, 0.25) is 0 Å². The van der Waals surface area contributed by atoms with Crippen LogP contribution in [-0.4, -0.2) is 34.2 Å². The molecule has 0 aliphatic heterocycles. The molecule has 0 amide bonds. The molecule has 8 heteroatoms. The average Bonchev–Trinajstić information content (AvgIpc) is 1.85. The Bertz CT molecular complexity index is 208. The van der Waals surface area contributed by atoms with E-state index in [1.165, 1.54) is 0 Å². The number of carboxylic acids is 2. The molecule has 0 aromatic carbocycles. The quantitative estimate of drug-likeness (QED) is 0.785. The summed E-state index contributed by atoms with van der Waals surface area (Å²) < 4.78 is 36.3. The first-order valence-electron chi connectivity index (χ1n) is 2.75. The topological polar surface area (TPSA) is 74.6 Å². The molecule has 0 fully saturated rings. The van der Waals surface area contributed by atoms with Crippen LogP contribution in [0.15, 0.2) is 0 Å². The number of halogens is 3. The van der Waals surface area contributed by atoms with Crippen LogP contribution in [0.4, 0.5) is 13.2 Å². The van der Waals surface area contributed by atoms with Crippen molar-refractivity contribution in [3.8, 4) is 0 Å². The van der Waals surface area contributed by atoms with E-state index in [0.29, 0.717) is 0 Å². The summed E-state index contributed by atoms with van der Waals surface area (Å²) in [7, 11) is 0. The van der Waals surface area contributed by atoms with Crippen LogP contribution in [0, 0.1) is 0 Å². The third-order valence-electron chi connectivity index (χ3n) is 1.03. The SMILES string of the molecule is O=C(O)CC(F)C(F)(F)C(=O)O.[Zr]. The van der Waals surface area contributed by atoms with Crippen molar-refractivity contribution in [2.75, 3.05) is 0 Å². The number of hydrogen-bond acceptors (Lipinski definition) is 2. The molecule has 2 N–H and O–H groups in total. The molecular formula is C5H5F3O4Zr. The molecular weight excluding hydrogens is 272 g/mol. The van der Waals surface area contributed by atoms with Gasteiger partial charge in [-0.05, 0) is 0 Å². The Balaban J connectivity index is 0. The molecule has 0 bridgehead atoms. The summed E-state index contributed by atoms with van der Waals surface area (Å²) in [6.45, 7) is 0. The molecule has 0 heterocycles. The summed E-state index contributed by atoms with van der Waals surface area (Å²) in [4.78, 5) is 19.4. The van der Waals surface area contributed by atoms with Gasteiger partial charge in [0.1, 0.15) is 0 Å². The van der Waals surface area contributed by atoms with Crippen molar-refractivity contribution in [2.24, 2.45) is 0 Å². The van der Waals surface area contributed by atoms with Crippen molar-refractivity contribution in [1.29, 1.82) is 0 Å². The molecule has 0 rings (SSSR count). The maximum Gasteiger partial charge on any atom is 0.377 e. The third kappa shape index (κ3) is 4.40. The van der Waals surface area contributed by atoms with Crippen molar-refractivity contribution in [2.45, 2.75) is 18.5 Å². The Hall–Kier alpha value is -0.387. The van der Waals surface area contributed by atoms with Crippen LogP contribution >= 0.6 is 0 Å². The molecule has 13 heavy (non-hydrogen) atoms. The number of carboxylic acid groups (broad SMARTS) is 2. The molecule has 0 aliphatic rings. The van der Waals surface area contributed by atoms with E-state index in [1.807, 2.05) is 0 Å². The number of hydrogen-bond donors (Lipinski definition) is 2. The molecule has 0 aliphatic carbocycles. The Morgan fingerprint density at radius 2 is 1.69 bits per heavy atom. The van der Waals surface area contributed by atoms with E-state index in [1.54, 1.807) is 0 Å². The zero-order chi connectivity index (χ0) is 9.94. The molecule has 0 aromatic heterocycles. The van der Waals surface area contributed by atoms with E-state index in [0.717, 1.165) is 0 Å². The van der Waals surface area contributed by atoms with E-state index in [2.05, 4.69) is 0 Å². The number of alkyl halides is 3. The largest absolute Gasteiger partial charge is 0.481 e. The van der Waals surface area contributed by atoms with Crippen LogP contribution in [0.25, 0.3) is 0 Å². The standard InChI is InChI=1S/C5H5F3O4.Zr/c6-2(1-3(9)10)5(7,8)4(11)12;/h2H,1H2,(H,9,10)(H,11,12);. The molecule has 1 atom stereocenters. The summed E-state index contributed by atoms with van der Waals surface area (Å²) in [6, 6.07) is 0. The first kappa shape index (κ1) is 15.1. The Morgan fingerprint density at radius 1 is 1.31 bits per heavy atom. The van der Waals surface area contributed by atoms with E-state index in [9.17, 15) is 22.8 Å². The fourth-order valence-electron chi connectivity index (χ4n) is 0.415. The van der Waals surface area contributed by atoms with Gasteiger partial charge < -0.3 is 10.2 Å². The van der Waals surface area contributed by atoms with Gasteiger partial charge in [-0.2, -0.15) is 8.78 Å². The van der Waals surface area contributed by atoms with E-state index < -0.39 is 30.5 Å². The van der Waals surface area contributed by atoms with Crippen LogP contribution in [0.2, 0.25) is 0 Å². The summed E-state index contributed by atoms with van der Waals surface area (Å²) in [6.07, 6.45) is -4.73. The van der Waals surface area contributed by atoms with Gasteiger partial charge in [0.15, 0.2) is 6.17 Å². The second-order valence-electron chi connectivity index (χ2n) is 1.99. The fourth-order valence-corrected chi connectivity index (χ4v) is 0.415. The smallest absolute Gasteiger partial charge is 0.377 e. The van der Waals surface area contributed by atoms with Crippen LogP contribution in [0.1, 0.15) is 6.42 Å². The fraction of sp³-hybridized carbons (Fsp3) is 0.600. The molecule has 74 valence electrons. The van der Waals surface area contributed by atoms with Crippen LogP contribution < -0.4 is 0 Å². The van der Waals surface area contributed by atoms with Gasteiger partial charge in [0.05, 0.1) is 6.42 Å². The summed E-state index contributed by atoms with van der Waals surface area (Å²) in [5.74, 6) is -9.13. The van der Waals surface area contributed by atoms with Gasteiger partial charge >= 0.3 is 17.9 Å². The third-order valence-corrected chi connectivity index (χ3v) is 1.03. The first-order valence-corrected chi connectivity index (χ1v) is 2.75. The molecule has 0 radical (unpaired) electrons. The molecule has 0 saturated carbocycles. The van der Waals surface area contributed by atoms with E-state index >= 15 is 0 Å². The number of carbonyl (C=O) groups is 2. The Labute approximate surface area is 89.9 Å². The monoisotopic (exact) mass is 276 g/mol. The zero-order valence-corrected chi connectivity index (χ0v) is 8.59. The van der Waals surface area contributed by atoms with Gasteiger partial charge in [-0.15, -0.1) is 0 Å². The normalized spacial score (nSPS) is 12.8. The maximum atomic E-state index is 12.2. The second-order valence-corrected chi connectivity index (χ2v) is 1.99.